The van der Waals surface area contributed by atoms with Crippen molar-refractivity contribution < 1.29 is 22.7 Å². The Labute approximate surface area is 162 Å². The van der Waals surface area contributed by atoms with Crippen molar-refractivity contribution in [3.05, 3.63) is 64.7 Å². The van der Waals surface area contributed by atoms with Crippen LogP contribution < -0.4 is 5.32 Å². The van der Waals surface area contributed by atoms with Crippen molar-refractivity contribution in [2.45, 2.75) is 11.8 Å². The Morgan fingerprint density at radius 1 is 1.15 bits per heavy atom. The van der Waals surface area contributed by atoms with E-state index in [1.807, 2.05) is 31.2 Å². The summed E-state index contributed by atoms with van der Waals surface area (Å²) in [6.45, 7) is 1.43. The van der Waals surface area contributed by atoms with Crippen molar-refractivity contribution in [2.75, 3.05) is 18.2 Å². The molecular formula is C19H18ClNO5S. The molecule has 1 N–H and O–H groups in total. The number of hydrogen-bond donors (Lipinski definition) is 1. The number of hydrogen-bond acceptors (Lipinski definition) is 5. The molecule has 142 valence electrons. The van der Waals surface area contributed by atoms with Crippen LogP contribution in [-0.2, 0) is 24.2 Å². The smallest absolute Gasteiger partial charge is 0.331 e. The van der Waals surface area contributed by atoms with Gasteiger partial charge in [-0.25, -0.2) is 13.2 Å². The van der Waals surface area contributed by atoms with Crippen LogP contribution in [0.1, 0.15) is 11.1 Å². The zero-order chi connectivity index (χ0) is 20.0. The summed E-state index contributed by atoms with van der Waals surface area (Å²) >= 11 is 5.95. The van der Waals surface area contributed by atoms with Gasteiger partial charge in [-0.3, -0.25) is 4.79 Å². The van der Waals surface area contributed by atoms with Gasteiger partial charge in [0.05, 0.1) is 15.6 Å². The predicted octanol–water partition coefficient (Wildman–Crippen LogP) is 3.25. The molecule has 2 aromatic rings. The number of anilines is 1. The maximum absolute atomic E-state index is 11.9. The Morgan fingerprint density at radius 2 is 1.81 bits per heavy atom. The van der Waals surface area contributed by atoms with Gasteiger partial charge < -0.3 is 10.1 Å². The number of carbonyl (C=O) groups excluding carboxylic acids is 2. The number of nitrogens with one attached hydrogen (secondary N) is 1. The standard InChI is InChI=1S/C19H18ClNO5S/c1-13-3-5-14(6-4-13)7-10-19(23)26-12-18(22)21-17-11-15(27(2,24)25)8-9-16(17)20/h3-11H,12H2,1-2H3,(H,21,22)/b10-7+. The zero-order valence-corrected chi connectivity index (χ0v) is 16.3. The number of aryl methyl sites for hydroxylation is 1. The molecule has 0 bridgehead atoms. The molecule has 0 aliphatic carbocycles. The second kappa shape index (κ2) is 8.83. The van der Waals surface area contributed by atoms with Gasteiger partial charge >= 0.3 is 5.97 Å². The van der Waals surface area contributed by atoms with E-state index >= 15 is 0 Å². The van der Waals surface area contributed by atoms with Gasteiger partial charge in [-0.1, -0.05) is 41.4 Å². The molecule has 2 rings (SSSR count). The summed E-state index contributed by atoms with van der Waals surface area (Å²) < 4.78 is 28.0. The van der Waals surface area contributed by atoms with Crippen molar-refractivity contribution in [2.24, 2.45) is 0 Å². The summed E-state index contributed by atoms with van der Waals surface area (Å²) in [5, 5.41) is 2.59. The Morgan fingerprint density at radius 3 is 2.44 bits per heavy atom. The fourth-order valence-electron chi connectivity index (χ4n) is 2.04. The highest BCUT2D eigenvalue weighted by Crippen LogP contribution is 2.25. The van der Waals surface area contributed by atoms with Crippen LogP contribution in [0.15, 0.2) is 53.4 Å². The van der Waals surface area contributed by atoms with E-state index < -0.39 is 28.3 Å². The van der Waals surface area contributed by atoms with Gasteiger partial charge in [0.25, 0.3) is 5.91 Å². The van der Waals surface area contributed by atoms with Gasteiger partial charge in [-0.2, -0.15) is 0 Å². The van der Waals surface area contributed by atoms with Gasteiger partial charge in [0.2, 0.25) is 0 Å². The van der Waals surface area contributed by atoms with Gasteiger partial charge in [0.15, 0.2) is 16.4 Å². The summed E-state index contributed by atoms with van der Waals surface area (Å²) in [4.78, 5) is 23.6. The number of esters is 1. The van der Waals surface area contributed by atoms with Crippen molar-refractivity contribution in [3.63, 3.8) is 0 Å². The molecule has 2 aromatic carbocycles. The van der Waals surface area contributed by atoms with Crippen molar-refractivity contribution in [1.82, 2.24) is 0 Å². The average Bonchev–Trinajstić information content (AvgIpc) is 2.60. The highest BCUT2D eigenvalue weighted by Gasteiger charge is 2.13. The average molecular weight is 408 g/mol. The highest BCUT2D eigenvalue weighted by molar-refractivity contribution is 7.90. The van der Waals surface area contributed by atoms with Gasteiger partial charge in [-0.05, 0) is 36.8 Å². The summed E-state index contributed by atoms with van der Waals surface area (Å²) in [5.41, 5.74) is 2.05. The largest absolute Gasteiger partial charge is 0.452 e. The predicted molar refractivity (Wildman–Crippen MR) is 104 cm³/mol. The molecule has 0 heterocycles. The van der Waals surface area contributed by atoms with Crippen LogP contribution >= 0.6 is 11.6 Å². The third-order valence-corrected chi connectivity index (χ3v) is 4.91. The first-order valence-electron chi connectivity index (χ1n) is 7.86. The summed E-state index contributed by atoms with van der Waals surface area (Å²) in [7, 11) is -3.44. The molecule has 1 amide bonds. The van der Waals surface area contributed by atoms with E-state index in [0.29, 0.717) is 0 Å². The molecule has 0 radical (unpaired) electrons. The lowest BCUT2D eigenvalue weighted by Gasteiger charge is -2.09. The zero-order valence-electron chi connectivity index (χ0n) is 14.7. The molecule has 0 unspecified atom stereocenters. The molecule has 8 heteroatoms. The fraction of sp³-hybridized carbons (Fsp3) is 0.158. The first-order valence-corrected chi connectivity index (χ1v) is 10.1. The first-order chi connectivity index (χ1) is 12.6. The minimum atomic E-state index is -3.44. The SMILES string of the molecule is Cc1ccc(/C=C/C(=O)OCC(=O)Nc2cc(S(C)(=O)=O)ccc2Cl)cc1. The van der Waals surface area contributed by atoms with Gasteiger partial charge in [0, 0.05) is 12.3 Å². The normalized spacial score (nSPS) is 11.4. The maximum Gasteiger partial charge on any atom is 0.331 e. The summed E-state index contributed by atoms with van der Waals surface area (Å²) in [6.07, 6.45) is 3.84. The van der Waals surface area contributed by atoms with Crippen LogP contribution in [0.5, 0.6) is 0 Å². The summed E-state index contributed by atoms with van der Waals surface area (Å²) in [5.74, 6) is -1.32. The molecule has 6 nitrogen and oxygen atoms in total. The molecule has 0 aliphatic rings. The molecule has 0 saturated heterocycles. The fourth-order valence-corrected chi connectivity index (χ4v) is 2.86. The Bertz CT molecular complexity index is 982. The van der Waals surface area contributed by atoms with Gasteiger partial charge in [0.1, 0.15) is 0 Å². The molecule has 27 heavy (non-hydrogen) atoms. The molecule has 0 fully saturated rings. The van der Waals surface area contributed by atoms with E-state index in [2.05, 4.69) is 5.32 Å². The van der Waals surface area contributed by atoms with Crippen LogP contribution in [0.25, 0.3) is 6.08 Å². The first kappa shape index (κ1) is 20.7. The number of sulfone groups is 1. The number of amides is 1. The topological polar surface area (TPSA) is 89.5 Å². The minimum Gasteiger partial charge on any atom is -0.452 e. The van der Waals surface area contributed by atoms with E-state index in [-0.39, 0.29) is 15.6 Å². The van der Waals surface area contributed by atoms with Crippen LogP contribution in [0.4, 0.5) is 5.69 Å². The molecule has 0 aromatic heterocycles. The molecular weight excluding hydrogens is 390 g/mol. The van der Waals surface area contributed by atoms with E-state index in [1.165, 1.54) is 24.3 Å². The van der Waals surface area contributed by atoms with Crippen molar-refractivity contribution in [1.29, 1.82) is 0 Å². The Kier molecular flexibility index (Phi) is 6.76. The van der Waals surface area contributed by atoms with E-state index in [0.717, 1.165) is 17.4 Å². The van der Waals surface area contributed by atoms with Crippen molar-refractivity contribution >= 4 is 45.1 Å². The van der Waals surface area contributed by atoms with Gasteiger partial charge in [-0.15, -0.1) is 0 Å². The number of rotatable bonds is 6. The second-order valence-electron chi connectivity index (χ2n) is 5.81. The monoisotopic (exact) mass is 407 g/mol. The Balaban J connectivity index is 1.92. The van der Waals surface area contributed by atoms with Crippen LogP contribution in [0.3, 0.4) is 0 Å². The minimum absolute atomic E-state index is 0.0141. The second-order valence-corrected chi connectivity index (χ2v) is 8.24. The summed E-state index contributed by atoms with van der Waals surface area (Å²) in [6, 6.07) is 11.5. The van der Waals surface area contributed by atoms with Crippen LogP contribution in [0, 0.1) is 6.92 Å². The van der Waals surface area contributed by atoms with E-state index in [1.54, 1.807) is 6.08 Å². The lowest BCUT2D eigenvalue weighted by molar-refractivity contribution is -0.142. The maximum atomic E-state index is 11.9. The number of carbonyl (C=O) groups is 2. The molecule has 0 spiro atoms. The van der Waals surface area contributed by atoms with Crippen molar-refractivity contribution in [3.8, 4) is 0 Å². The third-order valence-electron chi connectivity index (χ3n) is 3.47. The quantitative estimate of drug-likeness (QED) is 0.586. The molecule has 0 atom stereocenters. The third kappa shape index (κ3) is 6.54. The Hall–Kier alpha value is -2.64. The number of halogens is 1. The highest BCUT2D eigenvalue weighted by atomic mass is 35.5. The lowest BCUT2D eigenvalue weighted by Crippen LogP contribution is -2.20. The number of benzene rings is 2. The van der Waals surface area contributed by atoms with Crippen LogP contribution in [-0.4, -0.2) is 33.2 Å². The van der Waals surface area contributed by atoms with E-state index in [9.17, 15) is 18.0 Å². The lowest BCUT2D eigenvalue weighted by atomic mass is 10.1. The molecule has 0 aliphatic heterocycles. The molecule has 0 saturated carbocycles. The van der Waals surface area contributed by atoms with E-state index in [4.69, 9.17) is 16.3 Å². The van der Waals surface area contributed by atoms with Crippen LogP contribution in [0.2, 0.25) is 5.02 Å². The number of ether oxygens (including phenoxy) is 1.